The van der Waals surface area contributed by atoms with Crippen molar-refractivity contribution in [3.63, 3.8) is 0 Å². The maximum Gasteiger partial charge on any atom is 0.153 e. The fourth-order valence-corrected chi connectivity index (χ4v) is 2.10. The summed E-state index contributed by atoms with van der Waals surface area (Å²) in [6, 6.07) is 5.92. The molecule has 1 aromatic carbocycles. The zero-order chi connectivity index (χ0) is 13.1. The molecule has 0 saturated carbocycles. The SMILES string of the molecule is CCc1cc(-c2c(C=O)cnn2C)ccc1OC. The Morgan fingerprint density at radius 2 is 2.22 bits per heavy atom. The smallest absolute Gasteiger partial charge is 0.153 e. The van der Waals surface area contributed by atoms with Crippen LogP contribution < -0.4 is 4.74 Å². The number of aromatic nitrogens is 2. The number of aryl methyl sites for hydroxylation is 2. The van der Waals surface area contributed by atoms with Gasteiger partial charge in [0.25, 0.3) is 0 Å². The summed E-state index contributed by atoms with van der Waals surface area (Å²) in [5.74, 6) is 0.871. The Hall–Kier alpha value is -2.10. The van der Waals surface area contributed by atoms with Crippen molar-refractivity contribution in [1.82, 2.24) is 9.78 Å². The van der Waals surface area contributed by atoms with Crippen LogP contribution in [0.1, 0.15) is 22.8 Å². The highest BCUT2D eigenvalue weighted by Crippen LogP contribution is 2.28. The second-order valence-electron chi connectivity index (χ2n) is 4.07. The van der Waals surface area contributed by atoms with Crippen LogP contribution in [-0.2, 0) is 13.5 Å². The molecular formula is C14H16N2O2. The highest BCUT2D eigenvalue weighted by molar-refractivity contribution is 5.85. The number of rotatable bonds is 4. The fourth-order valence-electron chi connectivity index (χ4n) is 2.10. The van der Waals surface area contributed by atoms with E-state index in [2.05, 4.69) is 12.0 Å². The van der Waals surface area contributed by atoms with E-state index in [-0.39, 0.29) is 0 Å². The Morgan fingerprint density at radius 3 is 2.83 bits per heavy atom. The van der Waals surface area contributed by atoms with E-state index in [0.29, 0.717) is 5.56 Å². The maximum atomic E-state index is 11.0. The molecule has 0 fully saturated rings. The minimum Gasteiger partial charge on any atom is -0.496 e. The number of aldehydes is 1. The molecule has 0 bridgehead atoms. The molecule has 94 valence electrons. The summed E-state index contributed by atoms with van der Waals surface area (Å²) < 4.78 is 7.02. The van der Waals surface area contributed by atoms with Gasteiger partial charge in [0.1, 0.15) is 5.75 Å². The maximum absolute atomic E-state index is 11.0. The number of benzene rings is 1. The molecule has 1 heterocycles. The largest absolute Gasteiger partial charge is 0.496 e. The van der Waals surface area contributed by atoms with E-state index in [0.717, 1.165) is 35.3 Å². The van der Waals surface area contributed by atoms with Gasteiger partial charge < -0.3 is 4.74 Å². The van der Waals surface area contributed by atoms with Gasteiger partial charge >= 0.3 is 0 Å². The first kappa shape index (κ1) is 12.4. The fraction of sp³-hybridized carbons (Fsp3) is 0.286. The first-order valence-corrected chi connectivity index (χ1v) is 5.85. The molecule has 0 spiro atoms. The van der Waals surface area contributed by atoms with Crippen LogP contribution in [-0.4, -0.2) is 23.2 Å². The van der Waals surface area contributed by atoms with Crippen molar-refractivity contribution in [3.8, 4) is 17.0 Å². The monoisotopic (exact) mass is 244 g/mol. The molecule has 2 rings (SSSR count). The number of nitrogens with zero attached hydrogens (tertiary/aromatic N) is 2. The predicted molar refractivity (Wildman–Crippen MR) is 70.0 cm³/mol. The Kier molecular flexibility index (Phi) is 3.46. The summed E-state index contributed by atoms with van der Waals surface area (Å²) >= 11 is 0. The number of hydrogen-bond acceptors (Lipinski definition) is 3. The second kappa shape index (κ2) is 5.04. The summed E-state index contributed by atoms with van der Waals surface area (Å²) in [5, 5.41) is 4.12. The molecule has 0 aliphatic rings. The van der Waals surface area contributed by atoms with E-state index >= 15 is 0 Å². The predicted octanol–water partition coefficient (Wildman–Crippen LogP) is 2.47. The Labute approximate surface area is 106 Å². The second-order valence-corrected chi connectivity index (χ2v) is 4.07. The van der Waals surface area contributed by atoms with Gasteiger partial charge in [-0.25, -0.2) is 0 Å². The summed E-state index contributed by atoms with van der Waals surface area (Å²) in [4.78, 5) is 11.0. The summed E-state index contributed by atoms with van der Waals surface area (Å²) in [6.45, 7) is 2.07. The molecule has 0 amide bonds. The molecule has 0 unspecified atom stereocenters. The standard InChI is InChI=1S/C14H16N2O2/c1-4-10-7-11(5-6-13(10)18-3)14-12(9-17)8-15-16(14)2/h5-9H,4H2,1-3H3. The van der Waals surface area contributed by atoms with Gasteiger partial charge in [-0.2, -0.15) is 5.10 Å². The molecule has 4 nitrogen and oxygen atoms in total. The van der Waals surface area contributed by atoms with Crippen molar-refractivity contribution in [2.24, 2.45) is 7.05 Å². The zero-order valence-electron chi connectivity index (χ0n) is 10.8. The topological polar surface area (TPSA) is 44.1 Å². The summed E-state index contributed by atoms with van der Waals surface area (Å²) in [7, 11) is 3.49. The van der Waals surface area contributed by atoms with Crippen LogP contribution in [0, 0.1) is 0 Å². The minimum atomic E-state index is 0.602. The Morgan fingerprint density at radius 1 is 1.44 bits per heavy atom. The number of carbonyl (C=O) groups is 1. The number of methoxy groups -OCH3 is 1. The third-order valence-corrected chi connectivity index (χ3v) is 3.03. The quantitative estimate of drug-likeness (QED) is 0.776. The lowest BCUT2D eigenvalue weighted by Crippen LogP contribution is -1.97. The third kappa shape index (κ3) is 2.01. The van der Waals surface area contributed by atoms with E-state index in [1.54, 1.807) is 18.0 Å². The van der Waals surface area contributed by atoms with Crippen molar-refractivity contribution in [2.75, 3.05) is 7.11 Å². The molecule has 1 aromatic heterocycles. The average molecular weight is 244 g/mol. The lowest BCUT2D eigenvalue weighted by Gasteiger charge is -2.10. The molecule has 0 N–H and O–H groups in total. The number of carbonyl (C=O) groups excluding carboxylic acids is 1. The first-order chi connectivity index (χ1) is 8.71. The van der Waals surface area contributed by atoms with Gasteiger partial charge in [0.15, 0.2) is 6.29 Å². The van der Waals surface area contributed by atoms with E-state index in [1.165, 1.54) is 0 Å². The van der Waals surface area contributed by atoms with Crippen molar-refractivity contribution in [2.45, 2.75) is 13.3 Å². The normalized spacial score (nSPS) is 10.4. The van der Waals surface area contributed by atoms with Gasteiger partial charge in [-0.3, -0.25) is 9.48 Å². The first-order valence-electron chi connectivity index (χ1n) is 5.85. The van der Waals surface area contributed by atoms with E-state index < -0.39 is 0 Å². The van der Waals surface area contributed by atoms with Crippen molar-refractivity contribution in [3.05, 3.63) is 35.5 Å². The summed E-state index contributed by atoms with van der Waals surface area (Å²) in [6.07, 6.45) is 3.29. The molecule has 4 heteroatoms. The molecule has 0 aliphatic carbocycles. The minimum absolute atomic E-state index is 0.602. The molecule has 0 atom stereocenters. The lowest BCUT2D eigenvalue weighted by atomic mass is 10.0. The molecule has 0 radical (unpaired) electrons. The molecule has 18 heavy (non-hydrogen) atoms. The number of hydrogen-bond donors (Lipinski definition) is 0. The highest BCUT2D eigenvalue weighted by Gasteiger charge is 2.12. The Balaban J connectivity index is 2.57. The van der Waals surface area contributed by atoms with Gasteiger partial charge in [-0.05, 0) is 30.2 Å². The van der Waals surface area contributed by atoms with Gasteiger partial charge in [0, 0.05) is 12.6 Å². The van der Waals surface area contributed by atoms with Gasteiger partial charge in [-0.15, -0.1) is 0 Å². The Bertz CT molecular complexity index is 573. The van der Waals surface area contributed by atoms with E-state index in [9.17, 15) is 4.79 Å². The number of ether oxygens (including phenoxy) is 1. The van der Waals surface area contributed by atoms with Crippen LogP contribution in [0.4, 0.5) is 0 Å². The van der Waals surface area contributed by atoms with Crippen LogP contribution in [0.15, 0.2) is 24.4 Å². The van der Waals surface area contributed by atoms with Crippen molar-refractivity contribution >= 4 is 6.29 Å². The van der Waals surface area contributed by atoms with Crippen molar-refractivity contribution < 1.29 is 9.53 Å². The molecule has 0 saturated heterocycles. The van der Waals surface area contributed by atoms with Crippen LogP contribution in [0.25, 0.3) is 11.3 Å². The van der Waals surface area contributed by atoms with Gasteiger partial charge in [0.2, 0.25) is 0 Å². The summed E-state index contributed by atoms with van der Waals surface area (Å²) in [5.41, 5.74) is 3.54. The lowest BCUT2D eigenvalue weighted by molar-refractivity contribution is 0.112. The highest BCUT2D eigenvalue weighted by atomic mass is 16.5. The van der Waals surface area contributed by atoms with E-state index in [4.69, 9.17) is 4.74 Å². The molecular weight excluding hydrogens is 228 g/mol. The third-order valence-electron chi connectivity index (χ3n) is 3.03. The molecule has 2 aromatic rings. The van der Waals surface area contributed by atoms with Crippen LogP contribution in [0.5, 0.6) is 5.75 Å². The van der Waals surface area contributed by atoms with Gasteiger partial charge in [-0.1, -0.05) is 6.92 Å². The van der Waals surface area contributed by atoms with Crippen LogP contribution in [0.3, 0.4) is 0 Å². The van der Waals surface area contributed by atoms with Gasteiger partial charge in [0.05, 0.1) is 24.6 Å². The van der Waals surface area contributed by atoms with Crippen molar-refractivity contribution in [1.29, 1.82) is 0 Å². The van der Waals surface area contributed by atoms with Crippen LogP contribution in [0.2, 0.25) is 0 Å². The van der Waals surface area contributed by atoms with E-state index in [1.807, 2.05) is 25.2 Å². The zero-order valence-corrected chi connectivity index (χ0v) is 10.8. The average Bonchev–Trinajstić information content (AvgIpc) is 2.79. The van der Waals surface area contributed by atoms with Crippen LogP contribution >= 0.6 is 0 Å². The molecule has 0 aliphatic heterocycles.